The van der Waals surface area contributed by atoms with Crippen molar-refractivity contribution < 1.29 is 0 Å². The number of fused-ring (bicyclic) bond motifs is 20. The first-order valence-electron chi connectivity index (χ1n) is 26.3. The lowest BCUT2D eigenvalue weighted by Gasteiger charge is -2.31. The molecule has 4 aromatic carbocycles. The molecule has 0 fully saturated rings. The maximum Gasteiger partial charge on any atom is 0.164 e. The van der Waals surface area contributed by atoms with Crippen LogP contribution in [-0.2, 0) is 43.3 Å². The van der Waals surface area contributed by atoms with E-state index in [1.807, 2.05) is 0 Å². The minimum absolute atomic E-state index is 0.147. The van der Waals surface area contributed by atoms with E-state index in [1.54, 1.807) is 0 Å². The zero-order valence-corrected chi connectivity index (χ0v) is 48.3. The number of nitrogens with zero attached hydrogens (tertiary/aromatic N) is 6. The monoisotopic (exact) mass is 963 g/mol. The Hall–Kier alpha value is -5.76. The lowest BCUT2D eigenvalue weighted by atomic mass is 9.74. The Morgan fingerprint density at radius 2 is 0.375 bits per heavy atom. The van der Waals surface area contributed by atoms with Crippen LogP contribution in [0, 0.1) is 0 Å². The molecule has 0 unspecified atom stereocenters. The van der Waals surface area contributed by atoms with E-state index < -0.39 is 0 Å². The number of H-pyrrole nitrogens is 2. The van der Waals surface area contributed by atoms with Crippen molar-refractivity contribution in [3.8, 4) is 45.6 Å². The molecule has 9 rings (SSSR count). The van der Waals surface area contributed by atoms with Crippen LogP contribution >= 0.6 is 0 Å². The van der Waals surface area contributed by atoms with Crippen LogP contribution in [0.4, 0.5) is 0 Å². The van der Waals surface area contributed by atoms with Gasteiger partial charge in [-0.25, -0.2) is 29.9 Å². The summed E-state index contributed by atoms with van der Waals surface area (Å²) in [7, 11) is 0. The van der Waals surface area contributed by atoms with E-state index in [0.29, 0.717) is 45.9 Å². The van der Waals surface area contributed by atoms with Crippen molar-refractivity contribution in [2.24, 2.45) is 0 Å². The van der Waals surface area contributed by atoms with Gasteiger partial charge in [-0.15, -0.1) is 0 Å². The molecule has 2 aliphatic rings. The molecule has 0 amide bonds. The van der Waals surface area contributed by atoms with Crippen molar-refractivity contribution in [1.29, 1.82) is 0 Å². The number of aromatic nitrogens is 8. The van der Waals surface area contributed by atoms with E-state index in [2.05, 4.69) is 225 Å². The van der Waals surface area contributed by atoms with Crippen LogP contribution in [-0.4, -0.2) is 39.9 Å². The Labute approximate surface area is 430 Å². The molecular weight excluding hydrogens is 881 g/mol. The number of rotatable bonds is 0. The van der Waals surface area contributed by atoms with Crippen molar-refractivity contribution >= 4 is 44.1 Å². The SMILES string of the molecule is CC(C)(C)c1cc2c(cc1C(C)(C)C)-c1nc-2nc2[nH]c(nc3nc(nc4[nH]c(n1)c1cc(C(C)(C)C)c(C(C)(C)C)cc41)-c1cc(C(C)(C)C)c(C(C)(C)C)cc1-3)c1cc(C(C)(C)C)c(C(C)(C)C)cc21. The molecule has 0 aliphatic carbocycles. The maximum atomic E-state index is 5.62. The van der Waals surface area contributed by atoms with Gasteiger partial charge in [0.25, 0.3) is 0 Å². The third-order valence-electron chi connectivity index (χ3n) is 14.8. The van der Waals surface area contributed by atoms with Crippen LogP contribution in [0.25, 0.3) is 89.7 Å². The fraction of sp³-hybridized carbons (Fsp3) is 0.500. The van der Waals surface area contributed by atoms with E-state index in [9.17, 15) is 0 Å². The summed E-state index contributed by atoms with van der Waals surface area (Å²) in [5, 5.41) is 3.96. The number of nitrogens with one attached hydrogen (secondary N) is 2. The Balaban J connectivity index is 1.57. The van der Waals surface area contributed by atoms with Gasteiger partial charge in [-0.2, -0.15) is 0 Å². The summed E-state index contributed by atoms with van der Waals surface area (Å²) in [6.07, 6.45) is 0. The van der Waals surface area contributed by atoms with E-state index in [0.717, 1.165) is 43.8 Å². The molecule has 8 heteroatoms. The Morgan fingerprint density at radius 3 is 0.528 bits per heavy atom. The van der Waals surface area contributed by atoms with Gasteiger partial charge in [0, 0.05) is 43.8 Å². The second kappa shape index (κ2) is 15.9. The molecule has 0 radical (unpaired) electrons. The van der Waals surface area contributed by atoms with Crippen LogP contribution in [0.3, 0.4) is 0 Å². The maximum absolute atomic E-state index is 5.62. The highest BCUT2D eigenvalue weighted by Crippen LogP contribution is 2.47. The highest BCUT2D eigenvalue weighted by Gasteiger charge is 2.35. The van der Waals surface area contributed by atoms with Crippen LogP contribution in [0.2, 0.25) is 0 Å². The van der Waals surface area contributed by atoms with Crippen LogP contribution in [0.15, 0.2) is 48.5 Å². The normalized spacial score (nSPS) is 14.1. The van der Waals surface area contributed by atoms with Gasteiger partial charge in [0.2, 0.25) is 0 Å². The molecule has 2 aliphatic heterocycles. The first kappa shape index (κ1) is 51.2. The first-order chi connectivity index (χ1) is 32.7. The Bertz CT molecular complexity index is 3110. The van der Waals surface area contributed by atoms with Gasteiger partial charge in [0.05, 0.1) is 0 Å². The molecule has 72 heavy (non-hydrogen) atoms. The van der Waals surface area contributed by atoms with Crippen LogP contribution in [0.1, 0.15) is 211 Å². The second-order valence-electron chi connectivity index (χ2n) is 29.4. The predicted molar refractivity (Wildman–Crippen MR) is 306 cm³/mol. The van der Waals surface area contributed by atoms with Gasteiger partial charge in [-0.05, 0) is 136 Å². The zero-order valence-electron chi connectivity index (χ0n) is 48.3. The summed E-state index contributed by atoms with van der Waals surface area (Å²) in [5.74, 6) is 2.46. The average Bonchev–Trinajstić information content (AvgIpc) is 3.94. The summed E-state index contributed by atoms with van der Waals surface area (Å²) in [4.78, 5) is 41.0. The molecule has 378 valence electrons. The van der Waals surface area contributed by atoms with Crippen molar-refractivity contribution in [3.63, 3.8) is 0 Å². The first-order valence-corrected chi connectivity index (χ1v) is 26.3. The highest BCUT2D eigenvalue weighted by atomic mass is 15.1. The predicted octanol–water partition coefficient (Wildman–Crippen LogP) is 17.2. The number of hydrogen-bond donors (Lipinski definition) is 2. The molecular formula is C64H82N8. The van der Waals surface area contributed by atoms with E-state index >= 15 is 0 Å². The minimum atomic E-state index is -0.150. The molecule has 0 saturated heterocycles. The van der Waals surface area contributed by atoms with Gasteiger partial charge in [-0.3, -0.25) is 0 Å². The van der Waals surface area contributed by atoms with Crippen molar-refractivity contribution in [3.05, 3.63) is 93.0 Å². The molecule has 2 N–H and O–H groups in total. The Kier molecular flexibility index (Phi) is 11.3. The van der Waals surface area contributed by atoms with E-state index in [-0.39, 0.29) is 43.3 Å². The quantitative estimate of drug-likeness (QED) is 0.157. The molecule has 0 saturated carbocycles. The smallest absolute Gasteiger partial charge is 0.164 e. The number of benzene rings is 4. The summed E-state index contributed by atoms with van der Waals surface area (Å²) in [6, 6.07) is 18.8. The van der Waals surface area contributed by atoms with Crippen molar-refractivity contribution in [2.75, 3.05) is 0 Å². The van der Waals surface area contributed by atoms with E-state index in [1.165, 1.54) is 44.5 Å². The molecule has 3 aromatic heterocycles. The number of aromatic amines is 2. The van der Waals surface area contributed by atoms with Crippen LogP contribution in [0.5, 0.6) is 0 Å². The van der Waals surface area contributed by atoms with Gasteiger partial charge in [-0.1, -0.05) is 166 Å². The highest BCUT2D eigenvalue weighted by molar-refractivity contribution is 6.07. The standard InChI is InChI=1S/C64H82N8/c1-57(2,3)41-25-33-34(26-42(41)58(4,5)6)50-65-49(33)69-51-35-27-43(59(7,8)9)44(60(10,11)12)28-36(35)53(66-51)71-55-39-31-47(63(19,20)21)48(64(22,23)24)32-40(39)56(68-55)72-54-38-30-46(62(16,17)18)45(61(13,14)15)29-37(38)52(67-54)70-50/h25-32H,1-24H3,(H2,65,66,67,68,69,70,71,72). The van der Waals surface area contributed by atoms with Gasteiger partial charge >= 0.3 is 0 Å². The topological polar surface area (TPSA) is 109 Å². The lowest BCUT2D eigenvalue weighted by molar-refractivity contribution is 0.531. The van der Waals surface area contributed by atoms with Crippen molar-refractivity contribution in [1.82, 2.24) is 39.9 Å². The van der Waals surface area contributed by atoms with Crippen LogP contribution < -0.4 is 0 Å². The number of hydrogen-bond acceptors (Lipinski definition) is 6. The van der Waals surface area contributed by atoms with E-state index in [4.69, 9.17) is 29.9 Å². The molecule has 8 nitrogen and oxygen atoms in total. The lowest BCUT2D eigenvalue weighted by Crippen LogP contribution is -2.22. The molecule has 8 bridgehead atoms. The summed E-state index contributed by atoms with van der Waals surface area (Å²) < 4.78 is 0. The summed E-state index contributed by atoms with van der Waals surface area (Å²) >= 11 is 0. The fourth-order valence-electron chi connectivity index (χ4n) is 10.9. The van der Waals surface area contributed by atoms with Gasteiger partial charge < -0.3 is 9.97 Å². The second-order valence-corrected chi connectivity index (χ2v) is 29.4. The summed E-state index contributed by atoms with van der Waals surface area (Å²) in [5.41, 5.74) is 15.6. The largest absolute Gasteiger partial charge is 0.324 e. The molecule has 7 aromatic rings. The van der Waals surface area contributed by atoms with Crippen molar-refractivity contribution in [2.45, 2.75) is 209 Å². The average molecular weight is 963 g/mol. The Morgan fingerprint density at radius 1 is 0.222 bits per heavy atom. The van der Waals surface area contributed by atoms with Gasteiger partial charge in [0.1, 0.15) is 22.6 Å². The molecule has 0 spiro atoms. The third kappa shape index (κ3) is 8.86. The zero-order chi connectivity index (χ0) is 53.2. The summed E-state index contributed by atoms with van der Waals surface area (Å²) in [6.45, 7) is 55.2. The molecule has 0 atom stereocenters. The van der Waals surface area contributed by atoms with Gasteiger partial charge in [0.15, 0.2) is 23.3 Å². The minimum Gasteiger partial charge on any atom is -0.324 e. The third-order valence-corrected chi connectivity index (χ3v) is 14.8. The molecule has 5 heterocycles. The fourth-order valence-corrected chi connectivity index (χ4v) is 10.9.